The van der Waals surface area contributed by atoms with Gasteiger partial charge in [0.15, 0.2) is 0 Å². The summed E-state index contributed by atoms with van der Waals surface area (Å²) in [6.07, 6.45) is 3.66. The summed E-state index contributed by atoms with van der Waals surface area (Å²) in [7, 11) is 0. The van der Waals surface area contributed by atoms with Crippen molar-refractivity contribution >= 4 is 12.2 Å². The molecule has 2 rings (SSSR count). The highest BCUT2D eigenvalue weighted by Crippen LogP contribution is 2.48. The number of aromatic nitrogens is 3. The van der Waals surface area contributed by atoms with Crippen LogP contribution >= 0.6 is 12.2 Å². The summed E-state index contributed by atoms with van der Waals surface area (Å²) in [4.78, 5) is 4.22. The summed E-state index contributed by atoms with van der Waals surface area (Å²) in [5, 5.41) is 5.85. The van der Waals surface area contributed by atoms with Crippen molar-refractivity contribution in [3.05, 3.63) is 10.6 Å². The smallest absolute Gasteiger partial charge is 0.213 e. The van der Waals surface area contributed by atoms with E-state index in [4.69, 9.17) is 12.2 Å². The average Bonchev–Trinajstić information content (AvgIpc) is 2.70. The van der Waals surface area contributed by atoms with Crippen LogP contribution in [0.15, 0.2) is 0 Å². The van der Waals surface area contributed by atoms with Crippen LogP contribution in [-0.4, -0.2) is 15.2 Å². The molecule has 1 heterocycles. The van der Waals surface area contributed by atoms with Crippen LogP contribution in [0.25, 0.3) is 0 Å². The summed E-state index contributed by atoms with van der Waals surface area (Å²) < 4.78 is 0.569. The topological polar surface area (TPSA) is 44.5 Å². The number of H-pyrrole nitrogens is 2. The highest BCUT2D eigenvalue weighted by molar-refractivity contribution is 7.71. The Morgan fingerprint density at radius 1 is 1.55 bits per heavy atom. The summed E-state index contributed by atoms with van der Waals surface area (Å²) in [6, 6.07) is 0. The van der Waals surface area contributed by atoms with E-state index in [1.807, 2.05) is 0 Å². The van der Waals surface area contributed by atoms with Gasteiger partial charge in [0.05, 0.1) is 0 Å². The van der Waals surface area contributed by atoms with Crippen LogP contribution in [0.1, 0.15) is 32.0 Å². The standard InChI is InChI=1S/C7H11N3S/c1-2-7(3-4-7)5-8-6(11)10-9-5/h2-4H2,1H3,(H2,8,9,10,11). The highest BCUT2D eigenvalue weighted by Gasteiger charge is 2.45. The van der Waals surface area contributed by atoms with Gasteiger partial charge in [-0.2, -0.15) is 0 Å². The Bertz CT molecular complexity index is 307. The molecular weight excluding hydrogens is 158 g/mol. The predicted molar refractivity (Wildman–Crippen MR) is 45.0 cm³/mol. The Morgan fingerprint density at radius 2 is 2.27 bits per heavy atom. The van der Waals surface area contributed by atoms with Crippen molar-refractivity contribution < 1.29 is 0 Å². The maximum absolute atomic E-state index is 4.88. The lowest BCUT2D eigenvalue weighted by molar-refractivity contribution is 0.618. The zero-order valence-electron chi connectivity index (χ0n) is 6.48. The lowest BCUT2D eigenvalue weighted by Gasteiger charge is -2.05. The minimum atomic E-state index is 0.341. The van der Waals surface area contributed by atoms with Crippen molar-refractivity contribution in [2.24, 2.45) is 0 Å². The minimum Gasteiger partial charge on any atom is -0.285 e. The van der Waals surface area contributed by atoms with E-state index in [1.54, 1.807) is 0 Å². The molecule has 11 heavy (non-hydrogen) atoms. The molecule has 1 aromatic rings. The molecule has 4 heteroatoms. The van der Waals surface area contributed by atoms with E-state index in [0.717, 1.165) is 12.2 Å². The number of aromatic amines is 2. The molecule has 1 aliphatic carbocycles. The largest absolute Gasteiger partial charge is 0.285 e. The van der Waals surface area contributed by atoms with Crippen LogP contribution in [-0.2, 0) is 5.41 Å². The van der Waals surface area contributed by atoms with Crippen molar-refractivity contribution in [3.63, 3.8) is 0 Å². The van der Waals surface area contributed by atoms with Gasteiger partial charge in [0.2, 0.25) is 4.77 Å². The molecule has 0 radical (unpaired) electrons. The first kappa shape index (κ1) is 7.03. The number of hydrogen-bond acceptors (Lipinski definition) is 2. The van der Waals surface area contributed by atoms with E-state index in [2.05, 4.69) is 22.1 Å². The summed E-state index contributed by atoms with van der Waals surface area (Å²) >= 11 is 4.88. The fraction of sp³-hybridized carbons (Fsp3) is 0.714. The maximum atomic E-state index is 4.88. The van der Waals surface area contributed by atoms with Crippen molar-refractivity contribution in [2.75, 3.05) is 0 Å². The van der Waals surface area contributed by atoms with Gasteiger partial charge in [0.1, 0.15) is 5.82 Å². The highest BCUT2D eigenvalue weighted by atomic mass is 32.1. The maximum Gasteiger partial charge on any atom is 0.213 e. The SMILES string of the molecule is CCC1(c2nc(=S)[nH][nH]2)CC1. The molecule has 0 aliphatic heterocycles. The summed E-state index contributed by atoms with van der Waals surface area (Å²) in [5.41, 5.74) is 0.341. The molecule has 1 aromatic heterocycles. The van der Waals surface area contributed by atoms with Gasteiger partial charge in [0.25, 0.3) is 0 Å². The van der Waals surface area contributed by atoms with E-state index in [1.165, 1.54) is 12.8 Å². The molecule has 60 valence electrons. The molecular formula is C7H11N3S. The van der Waals surface area contributed by atoms with Gasteiger partial charge >= 0.3 is 0 Å². The quantitative estimate of drug-likeness (QED) is 0.664. The third kappa shape index (κ3) is 1.01. The van der Waals surface area contributed by atoms with Crippen LogP contribution in [0.3, 0.4) is 0 Å². The lowest BCUT2D eigenvalue weighted by atomic mass is 10.0. The van der Waals surface area contributed by atoms with Crippen LogP contribution in [0.5, 0.6) is 0 Å². The molecule has 0 bridgehead atoms. The van der Waals surface area contributed by atoms with E-state index in [9.17, 15) is 0 Å². The molecule has 3 nitrogen and oxygen atoms in total. The fourth-order valence-electron chi connectivity index (χ4n) is 1.43. The Kier molecular flexibility index (Phi) is 1.39. The first-order chi connectivity index (χ1) is 5.27. The molecule has 1 aliphatic rings. The van der Waals surface area contributed by atoms with Gasteiger partial charge < -0.3 is 0 Å². The monoisotopic (exact) mass is 169 g/mol. The number of nitrogens with one attached hydrogen (secondary N) is 2. The van der Waals surface area contributed by atoms with Crippen molar-refractivity contribution in [3.8, 4) is 0 Å². The molecule has 0 atom stereocenters. The molecule has 0 saturated heterocycles. The molecule has 0 unspecified atom stereocenters. The number of rotatable bonds is 2. The Hall–Kier alpha value is -0.640. The minimum absolute atomic E-state index is 0.341. The first-order valence-corrected chi connectivity index (χ1v) is 4.33. The zero-order valence-corrected chi connectivity index (χ0v) is 7.29. The van der Waals surface area contributed by atoms with Gasteiger partial charge in [-0.25, -0.2) is 4.98 Å². The molecule has 0 amide bonds. The molecule has 1 fully saturated rings. The van der Waals surface area contributed by atoms with Gasteiger partial charge in [-0.05, 0) is 31.5 Å². The number of hydrogen-bond donors (Lipinski definition) is 2. The normalized spacial score (nSPS) is 20.1. The van der Waals surface area contributed by atoms with E-state index in [-0.39, 0.29) is 0 Å². The zero-order chi connectivity index (χ0) is 7.90. The predicted octanol–water partition coefficient (Wildman–Crippen LogP) is 1.91. The second kappa shape index (κ2) is 2.17. The Balaban J connectivity index is 2.36. The third-order valence-corrected chi connectivity index (χ3v) is 2.73. The Labute approximate surface area is 70.2 Å². The summed E-state index contributed by atoms with van der Waals surface area (Å²) in [5.74, 6) is 1.05. The summed E-state index contributed by atoms with van der Waals surface area (Å²) in [6.45, 7) is 2.19. The van der Waals surface area contributed by atoms with E-state index >= 15 is 0 Å². The van der Waals surface area contributed by atoms with Crippen molar-refractivity contribution in [1.29, 1.82) is 0 Å². The van der Waals surface area contributed by atoms with Crippen LogP contribution in [0.4, 0.5) is 0 Å². The van der Waals surface area contributed by atoms with E-state index in [0.29, 0.717) is 10.2 Å². The van der Waals surface area contributed by atoms with Gasteiger partial charge in [-0.15, -0.1) is 0 Å². The second-order valence-electron chi connectivity index (χ2n) is 3.15. The van der Waals surface area contributed by atoms with Crippen LogP contribution in [0.2, 0.25) is 0 Å². The molecule has 2 N–H and O–H groups in total. The van der Waals surface area contributed by atoms with Crippen LogP contribution < -0.4 is 0 Å². The van der Waals surface area contributed by atoms with Crippen molar-refractivity contribution in [2.45, 2.75) is 31.6 Å². The average molecular weight is 169 g/mol. The third-order valence-electron chi connectivity index (χ3n) is 2.53. The first-order valence-electron chi connectivity index (χ1n) is 3.92. The Morgan fingerprint density at radius 3 is 2.64 bits per heavy atom. The van der Waals surface area contributed by atoms with Gasteiger partial charge in [0, 0.05) is 5.41 Å². The molecule has 1 saturated carbocycles. The van der Waals surface area contributed by atoms with Crippen molar-refractivity contribution in [1.82, 2.24) is 15.2 Å². The second-order valence-corrected chi connectivity index (χ2v) is 3.54. The van der Waals surface area contributed by atoms with Gasteiger partial charge in [-0.3, -0.25) is 10.2 Å². The fourth-order valence-corrected chi connectivity index (χ4v) is 1.57. The molecule has 0 spiro atoms. The lowest BCUT2D eigenvalue weighted by Crippen LogP contribution is -2.06. The van der Waals surface area contributed by atoms with Crippen LogP contribution in [0, 0.1) is 4.77 Å². The van der Waals surface area contributed by atoms with E-state index < -0.39 is 0 Å². The van der Waals surface area contributed by atoms with Gasteiger partial charge in [-0.1, -0.05) is 6.92 Å². The number of nitrogens with zero attached hydrogens (tertiary/aromatic N) is 1. The molecule has 0 aromatic carbocycles.